The number of carbonyl (C=O) groups is 3. The van der Waals surface area contributed by atoms with Crippen LogP contribution in [0.2, 0.25) is 0 Å². The van der Waals surface area contributed by atoms with Gasteiger partial charge in [-0.2, -0.15) is 0 Å². The van der Waals surface area contributed by atoms with E-state index in [0.717, 1.165) is 154 Å². The highest BCUT2D eigenvalue weighted by molar-refractivity contribution is 5.71. The monoisotopic (exact) mass is 885 g/mol. The van der Waals surface area contributed by atoms with Crippen LogP contribution >= 0.6 is 0 Å². The van der Waals surface area contributed by atoms with Crippen molar-refractivity contribution in [3.63, 3.8) is 0 Å². The molecule has 0 aliphatic heterocycles. The fraction of sp³-hybridized carbons (Fsp3) is 0.603. The first-order chi connectivity index (χ1) is 31.5. The molecular weight excluding hydrogens is 793 g/mol. The molecule has 0 aliphatic carbocycles. The van der Waals surface area contributed by atoms with Gasteiger partial charge in [-0.1, -0.05) is 187 Å². The third-order valence-electron chi connectivity index (χ3n) is 10.2. The molecule has 0 aromatic carbocycles. The molecule has 0 bridgehead atoms. The van der Waals surface area contributed by atoms with Gasteiger partial charge >= 0.3 is 17.9 Å². The van der Waals surface area contributed by atoms with Crippen LogP contribution in [-0.2, 0) is 28.6 Å². The molecule has 0 heterocycles. The number of unbranched alkanes of at least 4 members (excludes halogenated alkanes) is 13. The Balaban J connectivity index is 4.52. The van der Waals surface area contributed by atoms with Crippen LogP contribution < -0.4 is 0 Å². The number of ether oxygens (including phenoxy) is 3. The van der Waals surface area contributed by atoms with Crippen LogP contribution in [0.25, 0.3) is 0 Å². The summed E-state index contributed by atoms with van der Waals surface area (Å²) in [6.45, 7) is 6.22. The summed E-state index contributed by atoms with van der Waals surface area (Å²) >= 11 is 0. The summed E-state index contributed by atoms with van der Waals surface area (Å²) in [4.78, 5) is 38.0. The van der Waals surface area contributed by atoms with Crippen LogP contribution in [0.5, 0.6) is 0 Å². The van der Waals surface area contributed by atoms with Gasteiger partial charge < -0.3 is 14.2 Å². The van der Waals surface area contributed by atoms with Crippen molar-refractivity contribution in [1.29, 1.82) is 0 Å². The zero-order valence-corrected chi connectivity index (χ0v) is 41.0. The Kier molecular flexibility index (Phi) is 48.1. The second kappa shape index (κ2) is 51.4. The molecule has 1 unspecified atom stereocenters. The molecule has 0 amide bonds. The number of carbonyl (C=O) groups excluding carboxylic acids is 3. The maximum atomic E-state index is 12.8. The van der Waals surface area contributed by atoms with Gasteiger partial charge in [0.25, 0.3) is 0 Å². The Hall–Kier alpha value is -4.19. The molecule has 0 saturated carbocycles. The van der Waals surface area contributed by atoms with E-state index in [1.807, 2.05) is 0 Å². The second-order valence-electron chi connectivity index (χ2n) is 16.3. The Bertz CT molecular complexity index is 1390. The molecule has 0 rings (SSSR count). The van der Waals surface area contributed by atoms with E-state index in [1.165, 1.54) is 12.8 Å². The lowest BCUT2D eigenvalue weighted by atomic mass is 10.1. The van der Waals surface area contributed by atoms with Crippen molar-refractivity contribution in [3.8, 4) is 0 Å². The molecule has 0 aromatic heterocycles. The Morgan fingerprint density at radius 1 is 0.312 bits per heavy atom. The highest BCUT2D eigenvalue weighted by Gasteiger charge is 2.19. The van der Waals surface area contributed by atoms with Gasteiger partial charge in [0.15, 0.2) is 6.10 Å². The second-order valence-corrected chi connectivity index (χ2v) is 16.3. The molecule has 0 aromatic rings. The minimum absolute atomic E-state index is 0.109. The van der Waals surface area contributed by atoms with Gasteiger partial charge in [-0.25, -0.2) is 0 Å². The highest BCUT2D eigenvalue weighted by Crippen LogP contribution is 2.13. The molecular formula is C58H92O6. The van der Waals surface area contributed by atoms with E-state index in [2.05, 4.69) is 142 Å². The lowest BCUT2D eigenvalue weighted by Gasteiger charge is -2.18. The number of hydrogen-bond donors (Lipinski definition) is 0. The van der Waals surface area contributed by atoms with Crippen molar-refractivity contribution >= 4 is 17.9 Å². The third kappa shape index (κ3) is 48.8. The SMILES string of the molecule is CC/C=C\C/C=C\C/C=C\C/C=C\CCCCCC(=O)OCC(COC(=O)CCCCCC/C=C\C/C=C\C/C=C\CC)OC(=O)CCCCCCCC/C=C\C/C=C\C/C=C\CC. The average Bonchev–Trinajstić information content (AvgIpc) is 3.29. The molecule has 6 nitrogen and oxygen atoms in total. The maximum Gasteiger partial charge on any atom is 0.306 e. The highest BCUT2D eigenvalue weighted by atomic mass is 16.6. The maximum absolute atomic E-state index is 12.8. The van der Waals surface area contributed by atoms with Crippen LogP contribution in [-0.4, -0.2) is 37.2 Å². The summed E-state index contributed by atoms with van der Waals surface area (Å²) in [5, 5.41) is 0. The molecule has 1 atom stereocenters. The fourth-order valence-corrected chi connectivity index (χ4v) is 6.46. The third-order valence-corrected chi connectivity index (χ3v) is 10.2. The van der Waals surface area contributed by atoms with E-state index in [-0.39, 0.29) is 31.1 Å². The van der Waals surface area contributed by atoms with Crippen LogP contribution in [0, 0.1) is 0 Å². The molecule has 0 fully saturated rings. The van der Waals surface area contributed by atoms with Gasteiger partial charge in [0.2, 0.25) is 0 Å². The average molecular weight is 885 g/mol. The molecule has 0 aliphatic rings. The molecule has 0 N–H and O–H groups in total. The van der Waals surface area contributed by atoms with Gasteiger partial charge in [0, 0.05) is 19.3 Å². The summed E-state index contributed by atoms with van der Waals surface area (Å²) in [6.07, 6.45) is 70.4. The normalized spacial score (nSPS) is 13.1. The number of rotatable bonds is 44. The van der Waals surface area contributed by atoms with E-state index in [4.69, 9.17) is 14.2 Å². The van der Waals surface area contributed by atoms with Gasteiger partial charge in [0.1, 0.15) is 13.2 Å². The summed E-state index contributed by atoms with van der Waals surface area (Å²) in [5.41, 5.74) is 0. The van der Waals surface area contributed by atoms with E-state index in [1.54, 1.807) is 0 Å². The van der Waals surface area contributed by atoms with Crippen LogP contribution in [0.4, 0.5) is 0 Å². The lowest BCUT2D eigenvalue weighted by molar-refractivity contribution is -0.167. The van der Waals surface area contributed by atoms with Gasteiger partial charge in [-0.15, -0.1) is 0 Å². The van der Waals surface area contributed by atoms with Crippen LogP contribution in [0.1, 0.15) is 207 Å². The first-order valence-corrected chi connectivity index (χ1v) is 25.5. The van der Waals surface area contributed by atoms with Crippen molar-refractivity contribution in [2.45, 2.75) is 213 Å². The van der Waals surface area contributed by atoms with Crippen molar-refractivity contribution in [2.75, 3.05) is 13.2 Å². The van der Waals surface area contributed by atoms with Crippen molar-refractivity contribution in [3.05, 3.63) is 122 Å². The quantitative estimate of drug-likeness (QED) is 0.0262. The number of hydrogen-bond acceptors (Lipinski definition) is 6. The van der Waals surface area contributed by atoms with E-state index < -0.39 is 6.10 Å². The predicted molar refractivity (Wildman–Crippen MR) is 274 cm³/mol. The first-order valence-electron chi connectivity index (χ1n) is 25.5. The Morgan fingerprint density at radius 2 is 0.562 bits per heavy atom. The molecule has 0 spiro atoms. The summed E-state index contributed by atoms with van der Waals surface area (Å²) < 4.78 is 16.7. The fourth-order valence-electron chi connectivity index (χ4n) is 6.46. The zero-order valence-electron chi connectivity index (χ0n) is 41.0. The van der Waals surface area contributed by atoms with Crippen LogP contribution in [0.3, 0.4) is 0 Å². The minimum atomic E-state index is -0.811. The van der Waals surface area contributed by atoms with Gasteiger partial charge in [0.05, 0.1) is 0 Å². The van der Waals surface area contributed by atoms with Gasteiger partial charge in [-0.3, -0.25) is 14.4 Å². The smallest absolute Gasteiger partial charge is 0.306 e. The van der Waals surface area contributed by atoms with E-state index in [0.29, 0.717) is 19.3 Å². The standard InChI is InChI=1S/C58H92O6/c1-4-7-10-13-16-19-22-25-28-30-33-36-39-42-45-48-51-57(60)63-54-55(53-62-56(59)50-47-44-41-38-35-32-27-24-21-18-15-12-9-6-3)64-58(61)52-49-46-43-40-37-34-31-29-26-23-20-17-14-11-8-5-2/h7-12,16-21,25-29,32-33,36,55H,4-6,13-15,22-24,30-31,34-35,37-54H2,1-3H3/b10-7-,11-8-,12-9-,19-16-,20-17-,21-18-,28-25-,29-26-,32-27-,36-33-. The Morgan fingerprint density at radius 3 is 0.891 bits per heavy atom. The molecule has 64 heavy (non-hydrogen) atoms. The number of allylic oxidation sites excluding steroid dienone is 20. The van der Waals surface area contributed by atoms with Crippen LogP contribution in [0.15, 0.2) is 122 Å². The molecule has 0 saturated heterocycles. The van der Waals surface area contributed by atoms with Crippen molar-refractivity contribution in [1.82, 2.24) is 0 Å². The lowest BCUT2D eigenvalue weighted by Crippen LogP contribution is -2.30. The predicted octanol–water partition coefficient (Wildman–Crippen LogP) is 16.9. The topological polar surface area (TPSA) is 78.9 Å². The van der Waals surface area contributed by atoms with Crippen molar-refractivity contribution < 1.29 is 28.6 Å². The minimum Gasteiger partial charge on any atom is -0.462 e. The summed E-state index contributed by atoms with van der Waals surface area (Å²) in [6, 6.07) is 0. The zero-order chi connectivity index (χ0) is 46.5. The van der Waals surface area contributed by atoms with E-state index in [9.17, 15) is 14.4 Å². The summed E-state index contributed by atoms with van der Waals surface area (Å²) in [7, 11) is 0. The largest absolute Gasteiger partial charge is 0.462 e. The van der Waals surface area contributed by atoms with E-state index >= 15 is 0 Å². The number of esters is 3. The van der Waals surface area contributed by atoms with Gasteiger partial charge in [-0.05, 0) is 122 Å². The first kappa shape index (κ1) is 59.8. The summed E-state index contributed by atoms with van der Waals surface area (Å²) in [5.74, 6) is -0.982. The Labute approximate surface area is 392 Å². The molecule has 0 radical (unpaired) electrons. The molecule has 360 valence electrons. The van der Waals surface area contributed by atoms with Crippen molar-refractivity contribution in [2.24, 2.45) is 0 Å². The molecule has 6 heteroatoms.